The predicted molar refractivity (Wildman–Crippen MR) is 66.1 cm³/mol. The molecule has 0 saturated carbocycles. The SMILES string of the molecule is CCC(C)(C)OCC(O)c1ccc(C(=O)[O-])cc1. The van der Waals surface area contributed by atoms with E-state index in [9.17, 15) is 15.0 Å². The van der Waals surface area contributed by atoms with Crippen molar-refractivity contribution in [2.45, 2.75) is 38.9 Å². The number of carboxylic acid groups (broad SMARTS) is 1. The molecule has 100 valence electrons. The van der Waals surface area contributed by atoms with Crippen LogP contribution < -0.4 is 5.11 Å². The van der Waals surface area contributed by atoms with Crippen molar-refractivity contribution < 1.29 is 19.7 Å². The standard InChI is InChI=1S/C14H20O4/c1-4-14(2,3)18-9-12(15)10-5-7-11(8-6-10)13(16)17/h5-8,12,15H,4,9H2,1-3H3,(H,16,17)/p-1. The lowest BCUT2D eigenvalue weighted by Gasteiger charge is -2.25. The minimum atomic E-state index is -1.22. The Balaban J connectivity index is 2.62. The van der Waals surface area contributed by atoms with Crippen molar-refractivity contribution in [1.29, 1.82) is 0 Å². The first-order valence-electron chi connectivity index (χ1n) is 5.99. The van der Waals surface area contributed by atoms with Crippen molar-refractivity contribution >= 4 is 5.97 Å². The maximum absolute atomic E-state index is 10.6. The molecule has 0 aliphatic heterocycles. The number of aliphatic hydroxyl groups excluding tert-OH is 1. The van der Waals surface area contributed by atoms with Gasteiger partial charge in [-0.25, -0.2) is 0 Å². The monoisotopic (exact) mass is 251 g/mol. The Morgan fingerprint density at radius 1 is 1.39 bits per heavy atom. The highest BCUT2D eigenvalue weighted by Crippen LogP contribution is 2.19. The van der Waals surface area contributed by atoms with Gasteiger partial charge in [0, 0.05) is 0 Å². The van der Waals surface area contributed by atoms with E-state index in [1.54, 1.807) is 12.1 Å². The number of aliphatic hydroxyl groups is 1. The van der Waals surface area contributed by atoms with Crippen LogP contribution in [0.25, 0.3) is 0 Å². The van der Waals surface area contributed by atoms with Crippen LogP contribution in [0.15, 0.2) is 24.3 Å². The molecule has 1 aromatic rings. The van der Waals surface area contributed by atoms with Gasteiger partial charge in [0.1, 0.15) is 6.10 Å². The smallest absolute Gasteiger partial charge is 0.102 e. The summed E-state index contributed by atoms with van der Waals surface area (Å²) in [6.45, 7) is 6.12. The molecule has 0 bridgehead atoms. The van der Waals surface area contributed by atoms with Gasteiger partial charge in [-0.3, -0.25) is 0 Å². The van der Waals surface area contributed by atoms with E-state index in [0.29, 0.717) is 5.56 Å². The van der Waals surface area contributed by atoms with Gasteiger partial charge in [-0.1, -0.05) is 31.2 Å². The summed E-state index contributed by atoms with van der Waals surface area (Å²) in [6.07, 6.45) is 0.0928. The molecule has 0 radical (unpaired) electrons. The van der Waals surface area contributed by atoms with Gasteiger partial charge in [0.05, 0.1) is 18.2 Å². The summed E-state index contributed by atoms with van der Waals surface area (Å²) in [5.41, 5.74) is 0.457. The first kappa shape index (κ1) is 14.7. The summed E-state index contributed by atoms with van der Waals surface area (Å²) in [5, 5.41) is 20.5. The lowest BCUT2D eigenvalue weighted by Crippen LogP contribution is -2.26. The molecule has 0 aromatic heterocycles. The molecule has 0 heterocycles. The second-order valence-electron chi connectivity index (χ2n) is 4.85. The molecule has 1 unspecified atom stereocenters. The van der Waals surface area contributed by atoms with Crippen molar-refractivity contribution in [3.63, 3.8) is 0 Å². The molecule has 0 saturated heterocycles. The predicted octanol–water partition coefficient (Wildman–Crippen LogP) is 1.29. The average Bonchev–Trinajstić information content (AvgIpc) is 2.36. The van der Waals surface area contributed by atoms with Gasteiger partial charge < -0.3 is 19.7 Å². The van der Waals surface area contributed by atoms with E-state index in [2.05, 4.69) is 0 Å². The van der Waals surface area contributed by atoms with Gasteiger partial charge in [0.2, 0.25) is 0 Å². The van der Waals surface area contributed by atoms with Gasteiger partial charge in [-0.2, -0.15) is 0 Å². The summed E-state index contributed by atoms with van der Waals surface area (Å²) in [4.78, 5) is 10.6. The molecule has 18 heavy (non-hydrogen) atoms. The second-order valence-corrected chi connectivity index (χ2v) is 4.85. The summed E-state index contributed by atoms with van der Waals surface area (Å²) < 4.78 is 5.59. The zero-order valence-electron chi connectivity index (χ0n) is 11.0. The van der Waals surface area contributed by atoms with Crippen LogP contribution in [0.2, 0.25) is 0 Å². The fourth-order valence-corrected chi connectivity index (χ4v) is 1.34. The van der Waals surface area contributed by atoms with Crippen LogP contribution in [0.3, 0.4) is 0 Å². The summed E-state index contributed by atoms with van der Waals surface area (Å²) in [5.74, 6) is -1.22. The number of benzene rings is 1. The number of aromatic carboxylic acids is 1. The number of hydrogen-bond donors (Lipinski definition) is 1. The molecule has 0 aliphatic rings. The third-order valence-electron chi connectivity index (χ3n) is 3.01. The second kappa shape index (κ2) is 5.98. The van der Waals surface area contributed by atoms with Gasteiger partial charge in [0.15, 0.2) is 0 Å². The Morgan fingerprint density at radius 2 is 1.94 bits per heavy atom. The van der Waals surface area contributed by atoms with Crippen LogP contribution in [-0.2, 0) is 4.74 Å². The van der Waals surface area contributed by atoms with Crippen molar-refractivity contribution in [3.05, 3.63) is 35.4 Å². The maximum atomic E-state index is 10.6. The third-order valence-corrected chi connectivity index (χ3v) is 3.01. The molecule has 1 atom stereocenters. The number of carbonyl (C=O) groups is 1. The largest absolute Gasteiger partial charge is 0.545 e. The average molecular weight is 251 g/mol. The Bertz CT molecular complexity index is 395. The Hall–Kier alpha value is -1.39. The number of ether oxygens (including phenoxy) is 1. The zero-order valence-corrected chi connectivity index (χ0v) is 11.0. The number of rotatable bonds is 6. The van der Waals surface area contributed by atoms with Crippen molar-refractivity contribution in [1.82, 2.24) is 0 Å². The van der Waals surface area contributed by atoms with Gasteiger partial charge in [-0.05, 0) is 31.4 Å². The van der Waals surface area contributed by atoms with Gasteiger partial charge in [-0.15, -0.1) is 0 Å². The van der Waals surface area contributed by atoms with E-state index >= 15 is 0 Å². The van der Waals surface area contributed by atoms with Crippen LogP contribution in [0.1, 0.15) is 49.2 Å². The molecular weight excluding hydrogens is 232 g/mol. The van der Waals surface area contributed by atoms with E-state index in [-0.39, 0.29) is 17.8 Å². The highest BCUT2D eigenvalue weighted by Gasteiger charge is 2.18. The van der Waals surface area contributed by atoms with E-state index in [1.165, 1.54) is 12.1 Å². The summed E-state index contributed by atoms with van der Waals surface area (Å²) >= 11 is 0. The highest BCUT2D eigenvalue weighted by atomic mass is 16.5. The molecule has 1 rings (SSSR count). The molecule has 0 aliphatic carbocycles. The number of hydrogen-bond acceptors (Lipinski definition) is 4. The quantitative estimate of drug-likeness (QED) is 0.827. The fourth-order valence-electron chi connectivity index (χ4n) is 1.34. The molecule has 4 heteroatoms. The van der Waals surface area contributed by atoms with Crippen molar-refractivity contribution in [3.8, 4) is 0 Å². The number of carbonyl (C=O) groups excluding carboxylic acids is 1. The lowest BCUT2D eigenvalue weighted by molar-refractivity contribution is -0.255. The topological polar surface area (TPSA) is 69.6 Å². The van der Waals surface area contributed by atoms with Crippen LogP contribution >= 0.6 is 0 Å². The van der Waals surface area contributed by atoms with Crippen LogP contribution in [0, 0.1) is 0 Å². The summed E-state index contributed by atoms with van der Waals surface area (Å²) in [6, 6.07) is 5.97. The molecule has 4 nitrogen and oxygen atoms in total. The first-order chi connectivity index (χ1) is 8.35. The Morgan fingerprint density at radius 3 is 2.39 bits per heavy atom. The molecule has 1 N–H and O–H groups in total. The van der Waals surface area contributed by atoms with Crippen molar-refractivity contribution in [2.75, 3.05) is 6.61 Å². The lowest BCUT2D eigenvalue weighted by atomic mass is 10.1. The fraction of sp³-hybridized carbons (Fsp3) is 0.500. The van der Waals surface area contributed by atoms with Crippen LogP contribution in [0.5, 0.6) is 0 Å². The Kier molecular flexibility index (Phi) is 4.87. The van der Waals surface area contributed by atoms with Crippen LogP contribution in [0.4, 0.5) is 0 Å². The van der Waals surface area contributed by atoms with E-state index in [0.717, 1.165) is 6.42 Å². The molecular formula is C14H19O4-. The zero-order chi connectivity index (χ0) is 13.8. The van der Waals surface area contributed by atoms with Gasteiger partial charge >= 0.3 is 0 Å². The maximum Gasteiger partial charge on any atom is 0.102 e. The Labute approximate surface area is 107 Å². The molecule has 0 fully saturated rings. The summed E-state index contributed by atoms with van der Waals surface area (Å²) in [7, 11) is 0. The first-order valence-corrected chi connectivity index (χ1v) is 5.99. The molecule has 0 spiro atoms. The van der Waals surface area contributed by atoms with Gasteiger partial charge in [0.25, 0.3) is 0 Å². The highest BCUT2D eigenvalue weighted by molar-refractivity contribution is 5.85. The molecule has 0 amide bonds. The molecule has 1 aromatic carbocycles. The van der Waals surface area contributed by atoms with Crippen molar-refractivity contribution in [2.24, 2.45) is 0 Å². The minimum absolute atomic E-state index is 0.0979. The third kappa shape index (κ3) is 4.13. The minimum Gasteiger partial charge on any atom is -0.545 e. The van der Waals surface area contributed by atoms with Crippen LogP contribution in [-0.4, -0.2) is 23.3 Å². The van der Waals surface area contributed by atoms with E-state index < -0.39 is 12.1 Å². The van der Waals surface area contributed by atoms with E-state index in [4.69, 9.17) is 4.74 Å². The normalized spacial score (nSPS) is 13.3. The number of carboxylic acids is 1. The van der Waals surface area contributed by atoms with E-state index in [1.807, 2.05) is 20.8 Å².